The molecule has 0 fully saturated rings. The normalized spacial score (nSPS) is 12.3. The van der Waals surface area contributed by atoms with Crippen molar-refractivity contribution in [3.05, 3.63) is 0 Å². The number of carbonyl (C=O) groups excluding carboxylic acids is 2. The van der Waals surface area contributed by atoms with E-state index < -0.39 is 26.4 Å². The summed E-state index contributed by atoms with van der Waals surface area (Å²) in [7, 11) is -8.44. The van der Waals surface area contributed by atoms with Crippen LogP contribution in [-0.4, -0.2) is 136 Å². The fourth-order valence-electron chi connectivity index (χ4n) is 5.29. The second-order valence-electron chi connectivity index (χ2n) is 10.7. The molecule has 0 rings (SSSR count). The van der Waals surface area contributed by atoms with Crippen molar-refractivity contribution in [2.45, 2.75) is 99.7 Å². The van der Waals surface area contributed by atoms with Gasteiger partial charge in [0.15, 0.2) is 0 Å². The smallest absolute Gasteiger partial charge is 0.374 e. The Morgan fingerprint density at radius 1 is 0.429 bits per heavy atom. The fourth-order valence-corrected chi connectivity index (χ4v) is 13.1. The third kappa shape index (κ3) is 20.5. The molecule has 4 amide bonds. The predicted octanol–water partition coefficient (Wildman–Crippen LogP) is 4.61. The van der Waals surface area contributed by atoms with Crippen molar-refractivity contribution in [1.82, 2.24) is 20.9 Å². The molecule has 18 heteroatoms. The van der Waals surface area contributed by atoms with Gasteiger partial charge in [-0.3, -0.25) is 0 Å². The molecule has 0 aromatic rings. The van der Waals surface area contributed by atoms with Crippen LogP contribution >= 0.6 is 0 Å². The number of rotatable bonds is 33. The summed E-state index contributed by atoms with van der Waals surface area (Å²) in [5.74, 6) is 0. The molecule has 0 saturated heterocycles. The van der Waals surface area contributed by atoms with Crippen molar-refractivity contribution in [1.29, 1.82) is 0 Å². The highest BCUT2D eigenvalue weighted by Crippen LogP contribution is 2.20. The van der Waals surface area contributed by atoms with E-state index in [1.165, 1.54) is 0 Å². The van der Waals surface area contributed by atoms with Gasteiger partial charge in [0.2, 0.25) is 0 Å². The highest BCUT2D eigenvalue weighted by Gasteiger charge is 2.41. The SMILES string of the molecule is CCO[Si](CCCNC(=O)NCCN(CCC[Si](OCC)(OCC)OCC)C(=O)NCCC[Si](OCC)(OCC)OCC)(OCC)OCC. The largest absolute Gasteiger partial charge is 0.500 e. The second kappa shape index (κ2) is 29.4. The lowest BCUT2D eigenvalue weighted by Crippen LogP contribution is -2.49. The molecule has 0 saturated carbocycles. The van der Waals surface area contributed by atoms with Gasteiger partial charge in [0.1, 0.15) is 0 Å². The lowest BCUT2D eigenvalue weighted by Gasteiger charge is -2.30. The molecule has 0 atom stereocenters. The topological polar surface area (TPSA) is 157 Å². The Morgan fingerprint density at radius 3 is 1.08 bits per heavy atom. The number of hydrogen-bond donors (Lipinski definition) is 3. The van der Waals surface area contributed by atoms with Crippen LogP contribution in [0.4, 0.5) is 9.59 Å². The maximum absolute atomic E-state index is 13.4. The van der Waals surface area contributed by atoms with Crippen LogP contribution in [0.5, 0.6) is 0 Å². The van der Waals surface area contributed by atoms with Crippen LogP contribution in [0.3, 0.4) is 0 Å². The molecular formula is C31H70N4O11Si3. The zero-order chi connectivity index (χ0) is 36.9. The van der Waals surface area contributed by atoms with E-state index in [0.717, 1.165) is 0 Å². The molecular weight excluding hydrogens is 689 g/mol. The second-order valence-corrected chi connectivity index (χ2v) is 18.9. The van der Waals surface area contributed by atoms with Crippen LogP contribution in [0.15, 0.2) is 0 Å². The van der Waals surface area contributed by atoms with E-state index in [0.29, 0.717) is 123 Å². The molecule has 0 aromatic heterocycles. The van der Waals surface area contributed by atoms with Gasteiger partial charge in [-0.2, -0.15) is 0 Å². The summed E-state index contributed by atoms with van der Waals surface area (Å²) in [5, 5.41) is 8.79. The number of nitrogens with one attached hydrogen (secondary N) is 3. The summed E-state index contributed by atoms with van der Waals surface area (Å²) in [6.07, 6.45) is 1.91. The van der Waals surface area contributed by atoms with Crippen LogP contribution < -0.4 is 16.0 Å². The van der Waals surface area contributed by atoms with Gasteiger partial charge >= 0.3 is 38.5 Å². The van der Waals surface area contributed by atoms with E-state index in [1.54, 1.807) is 4.90 Å². The molecule has 3 N–H and O–H groups in total. The van der Waals surface area contributed by atoms with E-state index >= 15 is 0 Å². The third-order valence-corrected chi connectivity index (χ3v) is 16.5. The van der Waals surface area contributed by atoms with E-state index in [2.05, 4.69) is 16.0 Å². The molecule has 292 valence electrons. The van der Waals surface area contributed by atoms with Crippen molar-refractivity contribution < 1.29 is 49.4 Å². The maximum Gasteiger partial charge on any atom is 0.500 e. The summed E-state index contributed by atoms with van der Waals surface area (Å²) in [6.45, 7) is 23.7. The van der Waals surface area contributed by atoms with E-state index in [4.69, 9.17) is 39.8 Å². The van der Waals surface area contributed by atoms with Crippen LogP contribution in [0, 0.1) is 0 Å². The van der Waals surface area contributed by atoms with Crippen molar-refractivity contribution >= 4 is 38.5 Å². The highest BCUT2D eigenvalue weighted by molar-refractivity contribution is 6.61. The third-order valence-electron chi connectivity index (χ3n) is 7.03. The first-order chi connectivity index (χ1) is 23.6. The molecule has 0 spiro atoms. The first-order valence-electron chi connectivity index (χ1n) is 18.4. The monoisotopic (exact) mass is 758 g/mol. The summed E-state index contributed by atoms with van der Waals surface area (Å²) < 4.78 is 53.5. The van der Waals surface area contributed by atoms with Gasteiger partial charge in [0.25, 0.3) is 0 Å². The lowest BCUT2D eigenvalue weighted by molar-refractivity contribution is 0.0696. The van der Waals surface area contributed by atoms with Gasteiger partial charge in [-0.25, -0.2) is 9.59 Å². The van der Waals surface area contributed by atoms with Crippen LogP contribution in [0.2, 0.25) is 18.1 Å². The Kier molecular flexibility index (Phi) is 28.7. The zero-order valence-corrected chi connectivity index (χ0v) is 35.1. The first-order valence-corrected chi connectivity index (χ1v) is 24.2. The van der Waals surface area contributed by atoms with Crippen molar-refractivity contribution in [2.24, 2.45) is 0 Å². The molecule has 0 aliphatic rings. The van der Waals surface area contributed by atoms with Gasteiger partial charge < -0.3 is 60.7 Å². The molecule has 0 bridgehead atoms. The molecule has 0 unspecified atom stereocenters. The molecule has 0 aliphatic carbocycles. The van der Waals surface area contributed by atoms with Crippen LogP contribution in [-0.2, 0) is 39.8 Å². The molecule has 0 aromatic carbocycles. The van der Waals surface area contributed by atoms with Crippen LogP contribution in [0.1, 0.15) is 81.6 Å². The Balaban J connectivity index is 5.29. The molecule has 0 aliphatic heterocycles. The summed E-state index contributed by atoms with van der Waals surface area (Å²) in [6, 6.07) is 1.24. The Bertz CT molecular complexity index is 789. The Hall–Kier alpha value is -1.17. The van der Waals surface area contributed by atoms with Crippen molar-refractivity contribution in [3.8, 4) is 0 Å². The minimum Gasteiger partial charge on any atom is -0.374 e. The average molecular weight is 759 g/mol. The number of nitrogens with zero attached hydrogens (tertiary/aromatic N) is 1. The average Bonchev–Trinajstić information content (AvgIpc) is 3.05. The van der Waals surface area contributed by atoms with E-state index in [9.17, 15) is 9.59 Å². The molecule has 0 heterocycles. The van der Waals surface area contributed by atoms with E-state index in [-0.39, 0.29) is 18.6 Å². The first kappa shape index (κ1) is 47.8. The number of hydrogen-bond acceptors (Lipinski definition) is 11. The molecule has 0 radical (unpaired) electrons. The number of urea groups is 2. The van der Waals surface area contributed by atoms with Gasteiger partial charge in [-0.05, 0) is 81.6 Å². The minimum atomic E-state index is -2.87. The standard InChI is InChI=1S/C31H70N4O11Si3/c1-10-38-47(39-11-2,40-12-3)27-19-22-32-30(36)33-24-26-35(25-21-29-49(44-16-7,45-17-8)46-18-9)31(37)34-23-20-28-48(41-13-4,42-14-5)43-15-6/h10-29H2,1-9H3,(H,34,37)(H2,32,33,36). The molecule has 49 heavy (non-hydrogen) atoms. The fraction of sp³-hybridized carbons (Fsp3) is 0.935. The Morgan fingerprint density at radius 2 is 0.735 bits per heavy atom. The lowest BCUT2D eigenvalue weighted by atomic mass is 10.4. The quantitative estimate of drug-likeness (QED) is 0.0635. The summed E-state index contributed by atoms with van der Waals surface area (Å²) in [5.41, 5.74) is 0. The zero-order valence-electron chi connectivity index (χ0n) is 32.1. The van der Waals surface area contributed by atoms with Gasteiger partial charge in [-0.15, -0.1) is 0 Å². The van der Waals surface area contributed by atoms with Crippen molar-refractivity contribution in [2.75, 3.05) is 92.2 Å². The molecule has 15 nitrogen and oxygen atoms in total. The van der Waals surface area contributed by atoms with Crippen molar-refractivity contribution in [3.63, 3.8) is 0 Å². The van der Waals surface area contributed by atoms with Gasteiger partial charge in [0, 0.05) is 110 Å². The van der Waals surface area contributed by atoms with Crippen LogP contribution in [0.25, 0.3) is 0 Å². The highest BCUT2D eigenvalue weighted by atomic mass is 28.4. The maximum atomic E-state index is 13.4. The number of amides is 4. The predicted molar refractivity (Wildman–Crippen MR) is 197 cm³/mol. The summed E-state index contributed by atoms with van der Waals surface area (Å²) >= 11 is 0. The number of carbonyl (C=O) groups is 2. The van der Waals surface area contributed by atoms with E-state index in [1.807, 2.05) is 62.3 Å². The summed E-state index contributed by atoms with van der Waals surface area (Å²) in [4.78, 5) is 27.7. The van der Waals surface area contributed by atoms with Gasteiger partial charge in [-0.1, -0.05) is 0 Å². The minimum absolute atomic E-state index is 0.223. The van der Waals surface area contributed by atoms with Gasteiger partial charge in [0.05, 0.1) is 0 Å². The Labute approximate surface area is 300 Å².